The van der Waals surface area contributed by atoms with E-state index in [1.807, 2.05) is 6.07 Å². The highest BCUT2D eigenvalue weighted by molar-refractivity contribution is 7.18. The molecule has 1 aliphatic carbocycles. The summed E-state index contributed by atoms with van der Waals surface area (Å²) in [6.07, 6.45) is 4.52. The molecule has 1 saturated heterocycles. The van der Waals surface area contributed by atoms with Crippen LogP contribution >= 0.6 is 11.3 Å². The Hall–Kier alpha value is -1.07. The molecule has 2 heterocycles. The van der Waals surface area contributed by atoms with Crippen LogP contribution in [0.5, 0.6) is 0 Å². The maximum atomic E-state index is 12.1. The Morgan fingerprint density at radius 3 is 2.63 bits per heavy atom. The molecule has 1 saturated carbocycles. The third-order valence-corrected chi connectivity index (χ3v) is 5.23. The maximum Gasteiger partial charge on any atom is 0.178 e. The molecule has 0 spiro atoms. The number of ketones is 1. The number of hydrogen-bond acceptors (Lipinski definition) is 5. The fraction of sp³-hybridized carbons (Fsp3) is 0.643. The Labute approximate surface area is 117 Å². The molecule has 0 aromatic carbocycles. The summed E-state index contributed by atoms with van der Waals surface area (Å²) in [5, 5.41) is 1.14. The molecule has 2 aliphatic rings. The number of hydrogen-bond donors (Lipinski definition) is 1. The van der Waals surface area contributed by atoms with Gasteiger partial charge in [-0.1, -0.05) is 0 Å². The molecule has 1 aliphatic heterocycles. The fourth-order valence-electron chi connectivity index (χ4n) is 2.58. The molecular weight excluding hydrogens is 260 g/mol. The minimum absolute atomic E-state index is 0.244. The van der Waals surface area contributed by atoms with Crippen molar-refractivity contribution in [1.82, 2.24) is 0 Å². The number of thiophene rings is 1. The molecule has 0 unspecified atom stereocenters. The van der Waals surface area contributed by atoms with Gasteiger partial charge in [0, 0.05) is 26.1 Å². The lowest BCUT2D eigenvalue weighted by Gasteiger charge is -2.31. The number of Topliss-reactive ketones (excluding diaryl/α,β-unsaturated/α-hetero) is 1. The first-order chi connectivity index (χ1) is 9.19. The van der Waals surface area contributed by atoms with Gasteiger partial charge in [0.05, 0.1) is 21.7 Å². The number of ether oxygens (including phenoxy) is 1. The van der Waals surface area contributed by atoms with Crippen LogP contribution in [0.25, 0.3) is 0 Å². The van der Waals surface area contributed by atoms with Crippen molar-refractivity contribution in [2.75, 3.05) is 30.8 Å². The number of carbonyl (C=O) groups is 1. The van der Waals surface area contributed by atoms with Gasteiger partial charge in [-0.25, -0.2) is 0 Å². The molecule has 0 atom stereocenters. The van der Waals surface area contributed by atoms with Crippen LogP contribution in [-0.4, -0.2) is 32.1 Å². The van der Waals surface area contributed by atoms with Crippen LogP contribution < -0.4 is 10.6 Å². The highest BCUT2D eigenvalue weighted by Gasteiger charge is 2.33. The summed E-state index contributed by atoms with van der Waals surface area (Å²) in [5.41, 5.74) is 6.66. The van der Waals surface area contributed by atoms with Crippen LogP contribution in [0.1, 0.15) is 35.4 Å². The second kappa shape index (κ2) is 5.13. The number of carbonyl (C=O) groups excluding carboxylic acids is 1. The average molecular weight is 280 g/mol. The molecule has 0 bridgehead atoms. The van der Waals surface area contributed by atoms with Crippen molar-refractivity contribution >= 4 is 27.8 Å². The van der Waals surface area contributed by atoms with E-state index in [4.69, 9.17) is 10.5 Å². The van der Waals surface area contributed by atoms with E-state index in [0.29, 0.717) is 11.8 Å². The van der Waals surface area contributed by atoms with Crippen LogP contribution in [0, 0.1) is 5.92 Å². The van der Waals surface area contributed by atoms with Gasteiger partial charge in [0.1, 0.15) is 0 Å². The van der Waals surface area contributed by atoms with Gasteiger partial charge < -0.3 is 15.4 Å². The molecule has 3 rings (SSSR count). The average Bonchev–Trinajstić information content (AvgIpc) is 3.21. The van der Waals surface area contributed by atoms with Gasteiger partial charge in [0.25, 0.3) is 0 Å². The molecule has 0 amide bonds. The van der Waals surface area contributed by atoms with Crippen molar-refractivity contribution < 1.29 is 9.53 Å². The molecular formula is C14H20N2O2S. The lowest BCUT2D eigenvalue weighted by atomic mass is 10.1. The van der Waals surface area contributed by atoms with Crippen LogP contribution in [-0.2, 0) is 4.74 Å². The highest BCUT2D eigenvalue weighted by Crippen LogP contribution is 2.40. The van der Waals surface area contributed by atoms with E-state index in [2.05, 4.69) is 4.90 Å². The van der Waals surface area contributed by atoms with E-state index in [1.165, 1.54) is 0 Å². The summed E-state index contributed by atoms with van der Waals surface area (Å²) in [4.78, 5) is 15.2. The number of piperidine rings is 1. The first-order valence-corrected chi connectivity index (χ1v) is 7.72. The Bertz CT molecular complexity index is 474. The highest BCUT2D eigenvalue weighted by atomic mass is 32.1. The van der Waals surface area contributed by atoms with Crippen molar-refractivity contribution in [2.45, 2.75) is 31.8 Å². The Morgan fingerprint density at radius 1 is 1.37 bits per heavy atom. The molecule has 19 heavy (non-hydrogen) atoms. The molecule has 1 aromatic heterocycles. The molecule has 4 nitrogen and oxygen atoms in total. The lowest BCUT2D eigenvalue weighted by molar-refractivity contribution is 0.0820. The van der Waals surface area contributed by atoms with Crippen molar-refractivity contribution in [3.8, 4) is 0 Å². The van der Waals surface area contributed by atoms with E-state index < -0.39 is 0 Å². The third-order valence-electron chi connectivity index (χ3n) is 4.01. The number of nitrogen functional groups attached to an aromatic ring is 1. The van der Waals surface area contributed by atoms with Crippen molar-refractivity contribution in [3.05, 3.63) is 10.9 Å². The summed E-state index contributed by atoms with van der Waals surface area (Å²) < 4.78 is 5.38. The third kappa shape index (κ3) is 2.62. The zero-order valence-corrected chi connectivity index (χ0v) is 12.0. The van der Waals surface area contributed by atoms with E-state index in [9.17, 15) is 4.79 Å². The number of nitrogens with two attached hydrogens (primary N) is 1. The van der Waals surface area contributed by atoms with E-state index >= 15 is 0 Å². The minimum Gasteiger partial charge on any atom is -0.397 e. The Morgan fingerprint density at radius 2 is 2.05 bits per heavy atom. The van der Waals surface area contributed by atoms with E-state index in [-0.39, 0.29) is 11.7 Å². The van der Waals surface area contributed by atoms with Crippen LogP contribution in [0.2, 0.25) is 0 Å². The van der Waals surface area contributed by atoms with Gasteiger partial charge in [-0.2, -0.15) is 0 Å². The van der Waals surface area contributed by atoms with Gasteiger partial charge in [-0.3, -0.25) is 4.79 Å². The van der Waals surface area contributed by atoms with Gasteiger partial charge in [0.2, 0.25) is 0 Å². The van der Waals surface area contributed by atoms with Crippen LogP contribution in [0.3, 0.4) is 0 Å². The predicted octanol–water partition coefficient (Wildman–Crippen LogP) is 2.54. The standard InChI is InChI=1S/C14H20N2O2S/c1-18-10-4-6-16(7-5-10)12-8-11(15)14(19-12)13(17)9-2-3-9/h8-10H,2-7,15H2,1H3. The normalized spacial score (nSPS) is 20.8. The first-order valence-electron chi connectivity index (χ1n) is 6.90. The summed E-state index contributed by atoms with van der Waals surface area (Å²) in [6.45, 7) is 1.96. The first kappa shape index (κ1) is 12.9. The molecule has 2 N–H and O–H groups in total. The molecule has 104 valence electrons. The van der Waals surface area contributed by atoms with E-state index in [1.54, 1.807) is 18.4 Å². The summed E-state index contributed by atoms with van der Waals surface area (Å²) in [5.74, 6) is 0.494. The molecule has 5 heteroatoms. The lowest BCUT2D eigenvalue weighted by Crippen LogP contribution is -2.36. The maximum absolute atomic E-state index is 12.1. The summed E-state index contributed by atoms with van der Waals surface area (Å²) in [7, 11) is 1.77. The topological polar surface area (TPSA) is 55.6 Å². The number of rotatable bonds is 4. The zero-order valence-electron chi connectivity index (χ0n) is 11.2. The van der Waals surface area contributed by atoms with Gasteiger partial charge >= 0.3 is 0 Å². The van der Waals surface area contributed by atoms with Crippen molar-refractivity contribution in [3.63, 3.8) is 0 Å². The van der Waals surface area contributed by atoms with Crippen molar-refractivity contribution in [2.24, 2.45) is 5.92 Å². The Kier molecular flexibility index (Phi) is 3.50. The minimum atomic E-state index is 0.244. The smallest absolute Gasteiger partial charge is 0.178 e. The number of methoxy groups -OCH3 is 1. The summed E-state index contributed by atoms with van der Waals surface area (Å²) >= 11 is 1.56. The molecule has 1 aromatic rings. The molecule has 2 fully saturated rings. The second-order valence-corrected chi connectivity index (χ2v) is 6.46. The Balaban J connectivity index is 1.71. The monoisotopic (exact) mass is 280 g/mol. The van der Waals surface area contributed by atoms with Gasteiger partial charge in [0.15, 0.2) is 5.78 Å². The second-order valence-electron chi connectivity index (χ2n) is 5.43. The number of nitrogens with zero attached hydrogens (tertiary/aromatic N) is 1. The zero-order chi connectivity index (χ0) is 13.4. The van der Waals surface area contributed by atoms with Crippen LogP contribution in [0.15, 0.2) is 6.07 Å². The fourth-order valence-corrected chi connectivity index (χ4v) is 3.73. The SMILES string of the molecule is COC1CCN(c2cc(N)c(C(=O)C3CC3)s2)CC1. The predicted molar refractivity (Wildman–Crippen MR) is 78.0 cm³/mol. The van der Waals surface area contributed by atoms with Crippen molar-refractivity contribution in [1.29, 1.82) is 0 Å². The largest absolute Gasteiger partial charge is 0.397 e. The van der Waals surface area contributed by atoms with Gasteiger partial charge in [-0.05, 0) is 31.7 Å². The van der Waals surface area contributed by atoms with Crippen LogP contribution in [0.4, 0.5) is 10.7 Å². The van der Waals surface area contributed by atoms with E-state index in [0.717, 1.165) is 48.7 Å². The summed E-state index contributed by atoms with van der Waals surface area (Å²) in [6, 6.07) is 1.97. The van der Waals surface area contributed by atoms with Gasteiger partial charge in [-0.15, -0.1) is 11.3 Å². The number of anilines is 2. The quantitative estimate of drug-likeness (QED) is 0.861. The molecule has 0 radical (unpaired) electrons.